The lowest BCUT2D eigenvalue weighted by Crippen LogP contribution is -2.39. The molecule has 1 saturated heterocycles. The van der Waals surface area contributed by atoms with Crippen LogP contribution in [0.4, 0.5) is 11.5 Å². The summed E-state index contributed by atoms with van der Waals surface area (Å²) in [6.07, 6.45) is 2.63. The van der Waals surface area contributed by atoms with Crippen molar-refractivity contribution in [2.75, 3.05) is 23.7 Å². The Kier molecular flexibility index (Phi) is 1.64. The van der Waals surface area contributed by atoms with Gasteiger partial charge in [0.2, 0.25) is 0 Å². The standard InChI is InChI=1S/C14H17N3/c1-16-12-8-10(15)2-3-11(12)13-9-4-6-17(7-5-9)14(13)16/h2-3,8-9H,4-7,15H2,1H3. The predicted octanol–water partition coefficient (Wildman–Crippen LogP) is 2.46. The van der Waals surface area contributed by atoms with Gasteiger partial charge in [-0.25, -0.2) is 0 Å². The molecule has 1 aromatic heterocycles. The Hall–Kier alpha value is -1.64. The predicted molar refractivity (Wildman–Crippen MR) is 71.5 cm³/mol. The van der Waals surface area contributed by atoms with Gasteiger partial charge >= 0.3 is 0 Å². The molecule has 3 aliphatic heterocycles. The summed E-state index contributed by atoms with van der Waals surface area (Å²) in [4.78, 5) is 2.53. The van der Waals surface area contributed by atoms with E-state index in [-0.39, 0.29) is 0 Å². The summed E-state index contributed by atoms with van der Waals surface area (Å²) in [5.74, 6) is 2.20. The average molecular weight is 227 g/mol. The number of anilines is 2. The maximum atomic E-state index is 5.91. The molecule has 88 valence electrons. The van der Waals surface area contributed by atoms with Crippen molar-refractivity contribution in [3.8, 4) is 0 Å². The average Bonchev–Trinajstić information content (AvgIpc) is 2.67. The van der Waals surface area contributed by atoms with Crippen LogP contribution in [0.15, 0.2) is 18.2 Å². The minimum absolute atomic E-state index is 0.766. The number of hydrogen-bond donors (Lipinski definition) is 1. The Labute approximate surface area is 101 Å². The highest BCUT2D eigenvalue weighted by atomic mass is 15.3. The summed E-state index contributed by atoms with van der Waals surface area (Å²) in [7, 11) is 2.17. The van der Waals surface area contributed by atoms with Gasteiger partial charge in [0.1, 0.15) is 5.82 Å². The van der Waals surface area contributed by atoms with Crippen molar-refractivity contribution in [3.05, 3.63) is 23.8 Å². The number of piperidine rings is 1. The Morgan fingerprint density at radius 1 is 1.24 bits per heavy atom. The largest absolute Gasteiger partial charge is 0.399 e. The fourth-order valence-electron chi connectivity index (χ4n) is 3.63. The molecule has 0 amide bonds. The van der Waals surface area contributed by atoms with Crippen molar-refractivity contribution in [1.29, 1.82) is 0 Å². The van der Waals surface area contributed by atoms with Crippen LogP contribution in [0.3, 0.4) is 0 Å². The van der Waals surface area contributed by atoms with Gasteiger partial charge in [-0.15, -0.1) is 0 Å². The molecule has 5 rings (SSSR count). The molecule has 0 atom stereocenters. The SMILES string of the molecule is Cn1c2c(c3ccc(N)cc31)C1CCN2CC1. The lowest BCUT2D eigenvalue weighted by atomic mass is 9.84. The van der Waals surface area contributed by atoms with Gasteiger partial charge in [0, 0.05) is 36.8 Å². The van der Waals surface area contributed by atoms with Gasteiger partial charge in [-0.1, -0.05) is 6.07 Å². The highest BCUT2D eigenvalue weighted by molar-refractivity contribution is 5.93. The summed E-state index contributed by atoms with van der Waals surface area (Å²) in [5.41, 5.74) is 9.62. The summed E-state index contributed by atoms with van der Waals surface area (Å²) >= 11 is 0. The van der Waals surface area contributed by atoms with Crippen LogP contribution in [-0.2, 0) is 7.05 Å². The molecule has 1 fully saturated rings. The van der Waals surface area contributed by atoms with E-state index in [0.717, 1.165) is 11.6 Å². The molecule has 0 unspecified atom stereocenters. The molecule has 3 aliphatic rings. The first-order valence-electron chi connectivity index (χ1n) is 6.38. The highest BCUT2D eigenvalue weighted by Gasteiger charge is 2.35. The first kappa shape index (κ1) is 9.40. The normalized spacial score (nSPS) is 19.0. The summed E-state index contributed by atoms with van der Waals surface area (Å²) in [6.45, 7) is 2.44. The van der Waals surface area contributed by atoms with Crippen molar-refractivity contribution in [1.82, 2.24) is 4.57 Å². The van der Waals surface area contributed by atoms with E-state index in [2.05, 4.69) is 28.6 Å². The van der Waals surface area contributed by atoms with Crippen LogP contribution >= 0.6 is 0 Å². The molecule has 3 nitrogen and oxygen atoms in total. The lowest BCUT2D eigenvalue weighted by molar-refractivity contribution is 0.469. The molecule has 3 heteroatoms. The maximum Gasteiger partial charge on any atom is 0.112 e. The monoisotopic (exact) mass is 227 g/mol. The summed E-state index contributed by atoms with van der Waals surface area (Å²) < 4.78 is 2.33. The van der Waals surface area contributed by atoms with E-state index >= 15 is 0 Å². The molecular formula is C14H17N3. The van der Waals surface area contributed by atoms with Gasteiger partial charge in [0.25, 0.3) is 0 Å². The summed E-state index contributed by atoms with van der Waals surface area (Å²) in [5, 5.41) is 1.41. The quantitative estimate of drug-likeness (QED) is 0.701. The minimum Gasteiger partial charge on any atom is -0.399 e. The zero-order chi connectivity index (χ0) is 11.6. The third kappa shape index (κ3) is 1.07. The van der Waals surface area contributed by atoms with E-state index < -0.39 is 0 Å². The third-order valence-corrected chi connectivity index (χ3v) is 4.43. The molecule has 4 heterocycles. The number of aromatic nitrogens is 1. The van der Waals surface area contributed by atoms with E-state index in [1.807, 2.05) is 6.07 Å². The van der Waals surface area contributed by atoms with E-state index in [1.165, 1.54) is 42.7 Å². The van der Waals surface area contributed by atoms with Crippen molar-refractivity contribution < 1.29 is 0 Å². The van der Waals surface area contributed by atoms with Gasteiger partial charge in [0.05, 0.1) is 5.52 Å². The number of hydrogen-bond acceptors (Lipinski definition) is 2. The Morgan fingerprint density at radius 2 is 2.00 bits per heavy atom. The molecule has 2 aromatic rings. The zero-order valence-electron chi connectivity index (χ0n) is 10.1. The molecule has 0 aliphatic carbocycles. The number of benzene rings is 1. The number of fused-ring (bicyclic) bond motifs is 3. The number of rotatable bonds is 0. The first-order valence-corrected chi connectivity index (χ1v) is 6.38. The van der Waals surface area contributed by atoms with Gasteiger partial charge in [-0.3, -0.25) is 0 Å². The zero-order valence-corrected chi connectivity index (χ0v) is 10.1. The fourth-order valence-corrected chi connectivity index (χ4v) is 3.63. The second-order valence-electron chi connectivity index (χ2n) is 5.33. The van der Waals surface area contributed by atoms with Crippen molar-refractivity contribution >= 4 is 22.4 Å². The topological polar surface area (TPSA) is 34.2 Å². The van der Waals surface area contributed by atoms with Crippen LogP contribution in [0.25, 0.3) is 10.9 Å². The highest BCUT2D eigenvalue weighted by Crippen LogP contribution is 2.47. The van der Waals surface area contributed by atoms with Crippen LogP contribution in [0.5, 0.6) is 0 Å². The van der Waals surface area contributed by atoms with Gasteiger partial charge in [0.15, 0.2) is 0 Å². The second kappa shape index (κ2) is 2.97. The number of nitrogen functional groups attached to an aromatic ring is 1. The van der Waals surface area contributed by atoms with Crippen molar-refractivity contribution in [2.24, 2.45) is 7.05 Å². The third-order valence-electron chi connectivity index (χ3n) is 4.43. The van der Waals surface area contributed by atoms with Gasteiger partial charge in [-0.2, -0.15) is 0 Å². The fraction of sp³-hybridized carbons (Fsp3) is 0.429. The smallest absolute Gasteiger partial charge is 0.112 e. The molecule has 2 bridgehead atoms. The van der Waals surface area contributed by atoms with Crippen LogP contribution in [0.1, 0.15) is 24.3 Å². The van der Waals surface area contributed by atoms with Gasteiger partial charge in [-0.05, 0) is 30.9 Å². The van der Waals surface area contributed by atoms with E-state index in [0.29, 0.717) is 0 Å². The molecule has 1 aromatic carbocycles. The summed E-state index contributed by atoms with van der Waals surface area (Å²) in [6, 6.07) is 6.33. The number of nitrogens with two attached hydrogens (primary N) is 1. The number of nitrogens with zero attached hydrogens (tertiary/aromatic N) is 2. The molecule has 0 spiro atoms. The second-order valence-corrected chi connectivity index (χ2v) is 5.33. The van der Waals surface area contributed by atoms with E-state index in [4.69, 9.17) is 5.73 Å². The maximum absolute atomic E-state index is 5.91. The van der Waals surface area contributed by atoms with Crippen molar-refractivity contribution in [2.45, 2.75) is 18.8 Å². The van der Waals surface area contributed by atoms with Crippen molar-refractivity contribution in [3.63, 3.8) is 0 Å². The Morgan fingerprint density at radius 3 is 2.76 bits per heavy atom. The Bertz CT molecular complexity index is 603. The van der Waals surface area contributed by atoms with E-state index in [9.17, 15) is 0 Å². The van der Waals surface area contributed by atoms with Gasteiger partial charge < -0.3 is 15.2 Å². The minimum atomic E-state index is 0.766. The molecule has 2 N–H and O–H groups in total. The Balaban J connectivity index is 2.13. The lowest BCUT2D eigenvalue weighted by Gasteiger charge is -2.41. The molecular weight excluding hydrogens is 210 g/mol. The molecule has 0 saturated carbocycles. The van der Waals surface area contributed by atoms with Crippen LogP contribution in [0.2, 0.25) is 0 Å². The first-order chi connectivity index (χ1) is 8.25. The van der Waals surface area contributed by atoms with Crippen LogP contribution < -0.4 is 10.6 Å². The van der Waals surface area contributed by atoms with Crippen LogP contribution in [-0.4, -0.2) is 17.7 Å². The van der Waals surface area contributed by atoms with E-state index in [1.54, 1.807) is 5.56 Å². The van der Waals surface area contributed by atoms with Crippen LogP contribution in [0, 0.1) is 0 Å². The molecule has 17 heavy (non-hydrogen) atoms. The number of aryl methyl sites for hydroxylation is 1. The molecule has 0 radical (unpaired) electrons.